The van der Waals surface area contributed by atoms with Crippen molar-refractivity contribution in [2.24, 2.45) is 5.92 Å². The molecule has 24 heteroatoms. The van der Waals surface area contributed by atoms with Gasteiger partial charge in [0.2, 0.25) is 0 Å². The van der Waals surface area contributed by atoms with Gasteiger partial charge < -0.3 is 51.8 Å². The van der Waals surface area contributed by atoms with Crippen molar-refractivity contribution >= 4 is 47.8 Å². The summed E-state index contributed by atoms with van der Waals surface area (Å²) in [5, 5.41) is 9.15. The van der Waals surface area contributed by atoms with E-state index in [0.29, 0.717) is 16.6 Å². The van der Waals surface area contributed by atoms with Crippen molar-refractivity contribution in [1.29, 1.82) is 0 Å². The molecule has 1 aliphatic rings. The fourth-order valence-corrected chi connectivity index (χ4v) is 6.37. The van der Waals surface area contributed by atoms with Crippen molar-refractivity contribution in [1.82, 2.24) is 0 Å². The van der Waals surface area contributed by atoms with E-state index in [-0.39, 0.29) is 74.6 Å². The van der Waals surface area contributed by atoms with Gasteiger partial charge in [0.05, 0.1) is 77.0 Å². The molecule has 0 aromatic heterocycles. The summed E-state index contributed by atoms with van der Waals surface area (Å²) < 4.78 is 82.5. The number of likely N-dealkylation sites (N-methyl/N-ethyl adjacent to an activating group) is 1. The third kappa shape index (κ3) is 23.6. The molecule has 1 aromatic carbocycles. The molecule has 21 nitrogen and oxygen atoms in total. The van der Waals surface area contributed by atoms with Crippen molar-refractivity contribution in [3.05, 3.63) is 29.8 Å². The van der Waals surface area contributed by atoms with E-state index in [1.165, 1.54) is 24.3 Å². The first-order valence-electron chi connectivity index (χ1n) is 18.8. The molecule has 336 valence electrons. The minimum absolute atomic E-state index is 0. The van der Waals surface area contributed by atoms with Crippen molar-refractivity contribution in [2.45, 2.75) is 87.9 Å². The topological polar surface area (TPSA) is 286 Å². The zero-order chi connectivity index (χ0) is 44.2. The summed E-state index contributed by atoms with van der Waals surface area (Å²) >= 11 is 0. The maximum Gasteiger partial charge on any atom is 1.00 e. The number of phosphoric ester groups is 1. The number of benzene rings is 1. The van der Waals surface area contributed by atoms with Gasteiger partial charge in [0.25, 0.3) is 7.82 Å². The second kappa shape index (κ2) is 27.5. The molecule has 1 aromatic rings. The fourth-order valence-electron chi connectivity index (χ4n) is 5.17. The number of aliphatic hydroxyl groups excluding tert-OH is 1. The van der Waals surface area contributed by atoms with E-state index in [4.69, 9.17) is 47.6 Å². The maximum atomic E-state index is 13.3. The second-order valence-electron chi connectivity index (χ2n) is 14.6. The Morgan fingerprint density at radius 2 is 1.42 bits per heavy atom. The molecular weight excluding hydrogens is 852 g/mol. The molecule has 0 aliphatic carbocycles. The van der Waals surface area contributed by atoms with Crippen molar-refractivity contribution in [3.8, 4) is 0 Å². The summed E-state index contributed by atoms with van der Waals surface area (Å²) in [6, 6.07) is 5.34. The van der Waals surface area contributed by atoms with Gasteiger partial charge in [0, 0.05) is 0 Å². The van der Waals surface area contributed by atoms with Gasteiger partial charge in [0.15, 0.2) is 12.2 Å². The average Bonchev–Trinajstić information content (AvgIpc) is 3.15. The Labute approximate surface area is 371 Å². The number of cyclic esters (lactones) is 4. The van der Waals surface area contributed by atoms with Crippen LogP contribution in [0.1, 0.15) is 70.3 Å². The van der Waals surface area contributed by atoms with Crippen LogP contribution in [0.3, 0.4) is 0 Å². The molecule has 1 heterocycles. The number of phosphoric acid groups is 1. The van der Waals surface area contributed by atoms with Crippen LogP contribution in [-0.4, -0.2) is 145 Å². The fraction of sp³-hybridized carbons (Fsp3) is 0.694. The smallest absolute Gasteiger partial charge is 0.756 e. The zero-order valence-electron chi connectivity index (χ0n) is 34.8. The van der Waals surface area contributed by atoms with Crippen LogP contribution in [-0.2, 0) is 81.2 Å². The summed E-state index contributed by atoms with van der Waals surface area (Å²) in [5.41, 5.74) is 0.669. The third-order valence-electron chi connectivity index (χ3n) is 8.47. The molecular formula is C36H55NNaO20PS. The molecule has 0 spiro atoms. The molecule has 60 heavy (non-hydrogen) atoms. The van der Waals surface area contributed by atoms with E-state index < -0.39 is 129 Å². The minimum atomic E-state index is -4.85. The summed E-state index contributed by atoms with van der Waals surface area (Å²) in [6.45, 7) is 0.555. The average molecular weight is 908 g/mol. The number of carbonyl (C=O) groups is 5. The van der Waals surface area contributed by atoms with Crippen molar-refractivity contribution in [2.75, 3.05) is 73.9 Å². The number of rotatable bonds is 21. The van der Waals surface area contributed by atoms with Crippen LogP contribution < -0.4 is 34.5 Å². The van der Waals surface area contributed by atoms with Crippen molar-refractivity contribution in [3.63, 3.8) is 0 Å². The Morgan fingerprint density at radius 3 is 1.92 bits per heavy atom. The van der Waals surface area contributed by atoms with Gasteiger partial charge in [-0.15, -0.1) is 0 Å². The number of hydrogen-bond donors (Lipinski definition) is 1. The van der Waals surface area contributed by atoms with E-state index in [0.717, 1.165) is 0 Å². The number of ether oxygens (including phenoxy) is 5. The van der Waals surface area contributed by atoms with Gasteiger partial charge in [-0.3, -0.25) is 28.5 Å². The van der Waals surface area contributed by atoms with Crippen LogP contribution in [0.2, 0.25) is 0 Å². The SMILES string of the molecule is CCC(CC(CC(C)c1ccc(S(=O)(=O)[O-])cc1)OOCCO)C(=O)OCC1COC(=O)CCC(=O)OCC(COP(=O)([O-])OCC[N+](C)(C)C)OC(=O)CCC(=O)O1.[Na+]. The maximum absolute atomic E-state index is 13.3. The quantitative estimate of drug-likeness (QED) is 0.0161. The number of hydrogen-bond acceptors (Lipinski definition) is 20. The number of aliphatic hydroxyl groups is 1. The molecule has 1 saturated heterocycles. The molecule has 0 bridgehead atoms. The van der Waals surface area contributed by atoms with Gasteiger partial charge in [-0.2, -0.15) is 0 Å². The van der Waals surface area contributed by atoms with Gasteiger partial charge in [-0.1, -0.05) is 26.0 Å². The molecule has 2 rings (SSSR count). The molecule has 6 atom stereocenters. The Hall–Kier alpha value is -2.57. The number of esters is 5. The van der Waals surface area contributed by atoms with Gasteiger partial charge in [0.1, 0.15) is 49.7 Å². The van der Waals surface area contributed by atoms with E-state index >= 15 is 0 Å². The standard InChI is InChI=1S/C36H56NO20PS.Na/c1-6-26(20-28(57-52-18-16-38)19-25(2)27-7-9-31(10-8-27)59(46,47)48)36(43)51-23-29-21-49-32(39)11-12-33(40)50-22-30(56-35(42)14-13-34(41)55-29)24-54-58(44,45)53-17-15-37(3,4)5;/h7-10,25-26,28-30,38H,6,11-24H2,1-5H3,(H-,44,45,46,47,48);/q;+1/p-1. The first-order valence-corrected chi connectivity index (χ1v) is 21.7. The van der Waals surface area contributed by atoms with Crippen LogP contribution in [0, 0.1) is 5.92 Å². The summed E-state index contributed by atoms with van der Waals surface area (Å²) in [7, 11) is -4.04. The third-order valence-corrected chi connectivity index (χ3v) is 10.3. The largest absolute Gasteiger partial charge is 1.00 e. The molecule has 0 saturated carbocycles. The molecule has 0 amide bonds. The van der Waals surface area contributed by atoms with Crippen LogP contribution in [0.5, 0.6) is 0 Å². The predicted octanol–water partition coefficient (Wildman–Crippen LogP) is -1.95. The van der Waals surface area contributed by atoms with Gasteiger partial charge in [-0.05, 0) is 42.9 Å². The summed E-state index contributed by atoms with van der Waals surface area (Å²) in [4.78, 5) is 85.9. The normalized spacial score (nSPS) is 20.2. The molecule has 1 aliphatic heterocycles. The minimum Gasteiger partial charge on any atom is -0.756 e. The van der Waals surface area contributed by atoms with E-state index in [9.17, 15) is 46.4 Å². The van der Waals surface area contributed by atoms with Gasteiger partial charge >= 0.3 is 59.4 Å². The van der Waals surface area contributed by atoms with E-state index in [2.05, 4.69) is 0 Å². The van der Waals surface area contributed by atoms with Crippen LogP contribution in [0.25, 0.3) is 0 Å². The van der Waals surface area contributed by atoms with Crippen molar-refractivity contribution < 1.29 is 128 Å². The second-order valence-corrected chi connectivity index (χ2v) is 17.4. The molecule has 1 N–H and O–H groups in total. The van der Waals surface area contributed by atoms with Crippen LogP contribution in [0.4, 0.5) is 0 Å². The number of carbonyl (C=O) groups excluding carboxylic acids is 5. The molecule has 0 radical (unpaired) electrons. The molecule has 6 unspecified atom stereocenters. The Kier molecular flexibility index (Phi) is 25.4. The number of nitrogens with zero attached hydrogens (tertiary/aromatic N) is 1. The Bertz CT molecular complexity index is 1670. The van der Waals surface area contributed by atoms with E-state index in [1.807, 2.05) is 28.1 Å². The summed E-state index contributed by atoms with van der Waals surface area (Å²) in [6.07, 6.45) is -5.04. The van der Waals surface area contributed by atoms with Gasteiger partial charge in [-0.25, -0.2) is 18.2 Å². The first kappa shape index (κ1) is 55.4. The van der Waals surface area contributed by atoms with E-state index in [1.54, 1.807) is 6.92 Å². The first-order chi connectivity index (χ1) is 27.6. The predicted molar refractivity (Wildman–Crippen MR) is 197 cm³/mol. The zero-order valence-corrected chi connectivity index (χ0v) is 38.5. The number of quaternary nitrogens is 1. The molecule has 1 fully saturated rings. The Balaban J connectivity index is 0.0000180. The van der Waals surface area contributed by atoms with Crippen LogP contribution >= 0.6 is 7.82 Å². The van der Waals surface area contributed by atoms with Crippen LogP contribution in [0.15, 0.2) is 29.2 Å². The summed E-state index contributed by atoms with van der Waals surface area (Å²) in [5.74, 6) is -5.57. The Morgan fingerprint density at radius 1 is 0.883 bits per heavy atom. The monoisotopic (exact) mass is 907 g/mol.